The number of carbonyl (C=O) groups excluding carboxylic acids is 1. The van der Waals surface area contributed by atoms with Crippen LogP contribution >= 0.6 is 23.4 Å². The van der Waals surface area contributed by atoms with Gasteiger partial charge in [0.05, 0.1) is 20.8 Å². The molecule has 18 heavy (non-hydrogen) atoms. The van der Waals surface area contributed by atoms with Gasteiger partial charge >= 0.3 is 5.69 Å². The van der Waals surface area contributed by atoms with Gasteiger partial charge in [0.25, 0.3) is 0 Å². The number of carbonyl (C=O) groups is 1. The lowest BCUT2D eigenvalue weighted by molar-refractivity contribution is -0.386. The second-order valence-electron chi connectivity index (χ2n) is 3.08. The Hall–Kier alpha value is -1.87. The van der Waals surface area contributed by atoms with E-state index in [0.717, 1.165) is 11.8 Å². The van der Waals surface area contributed by atoms with Gasteiger partial charge in [-0.3, -0.25) is 10.1 Å². The molecule has 0 bridgehead atoms. The zero-order valence-corrected chi connectivity index (χ0v) is 10.0. The summed E-state index contributed by atoms with van der Waals surface area (Å²) in [5.74, 6) is -1.78. The molecule has 0 fully saturated rings. The average molecular weight is 289 g/mol. The van der Waals surface area contributed by atoms with Gasteiger partial charge in [0, 0.05) is 5.75 Å². The van der Waals surface area contributed by atoms with Crippen LogP contribution in [0.1, 0.15) is 0 Å². The standard InChI is InChI=1S/C8H4ClN3O5S/c9-3-1-4(18-2-5(13)14)8(12(15)16)7-6(3)10-17-11-7/h1H,2H2,(H,13,14)/p-1. The quantitative estimate of drug-likeness (QED) is 0.456. The molecule has 2 aromatic rings. The second kappa shape index (κ2) is 4.78. The highest BCUT2D eigenvalue weighted by Gasteiger charge is 2.25. The fourth-order valence-electron chi connectivity index (χ4n) is 1.29. The van der Waals surface area contributed by atoms with Gasteiger partial charge in [0.2, 0.25) is 5.52 Å². The predicted molar refractivity (Wildman–Crippen MR) is 59.2 cm³/mol. The van der Waals surface area contributed by atoms with E-state index in [1.807, 2.05) is 0 Å². The van der Waals surface area contributed by atoms with Crippen molar-refractivity contribution in [3.63, 3.8) is 0 Å². The van der Waals surface area contributed by atoms with E-state index in [9.17, 15) is 20.0 Å². The van der Waals surface area contributed by atoms with Gasteiger partial charge in [0.1, 0.15) is 0 Å². The van der Waals surface area contributed by atoms with Gasteiger partial charge in [-0.15, -0.1) is 11.8 Å². The Kier molecular flexibility index (Phi) is 3.34. The van der Waals surface area contributed by atoms with Crippen LogP contribution in [-0.4, -0.2) is 27.0 Å². The lowest BCUT2D eigenvalue weighted by atomic mass is 10.2. The van der Waals surface area contributed by atoms with Crippen LogP contribution in [0, 0.1) is 10.1 Å². The molecule has 10 heteroatoms. The molecule has 0 unspecified atom stereocenters. The van der Waals surface area contributed by atoms with E-state index in [-0.39, 0.29) is 26.6 Å². The number of carboxylic acid groups (broad SMARTS) is 1. The van der Waals surface area contributed by atoms with Crippen molar-refractivity contribution < 1.29 is 19.5 Å². The molecular weight excluding hydrogens is 286 g/mol. The lowest BCUT2D eigenvalue weighted by Crippen LogP contribution is -2.24. The van der Waals surface area contributed by atoms with E-state index in [0.29, 0.717) is 0 Å². The number of nitro benzene ring substituents is 1. The predicted octanol–water partition coefficient (Wildman–Crippen LogP) is 0.626. The van der Waals surface area contributed by atoms with Crippen molar-refractivity contribution in [3.8, 4) is 0 Å². The number of rotatable bonds is 4. The zero-order chi connectivity index (χ0) is 13.3. The number of thioether (sulfide) groups is 1. The van der Waals surface area contributed by atoms with Crippen LogP contribution < -0.4 is 5.11 Å². The first kappa shape index (κ1) is 12.6. The number of fused-ring (bicyclic) bond motifs is 1. The highest BCUT2D eigenvalue weighted by molar-refractivity contribution is 8.00. The van der Waals surface area contributed by atoms with Crippen molar-refractivity contribution in [2.75, 3.05) is 5.75 Å². The molecule has 0 aliphatic heterocycles. The molecule has 0 saturated carbocycles. The summed E-state index contributed by atoms with van der Waals surface area (Å²) in [7, 11) is 0. The number of aromatic nitrogens is 2. The van der Waals surface area contributed by atoms with Gasteiger partial charge in [-0.25, -0.2) is 4.63 Å². The first-order valence-electron chi connectivity index (χ1n) is 4.42. The van der Waals surface area contributed by atoms with Gasteiger partial charge in [-0.1, -0.05) is 11.6 Å². The van der Waals surface area contributed by atoms with E-state index in [1.165, 1.54) is 6.07 Å². The maximum Gasteiger partial charge on any atom is 0.314 e. The third-order valence-corrected chi connectivity index (χ3v) is 3.25. The number of benzene rings is 1. The third kappa shape index (κ3) is 2.22. The van der Waals surface area contributed by atoms with E-state index in [4.69, 9.17) is 11.6 Å². The number of halogens is 1. The van der Waals surface area contributed by atoms with Crippen LogP contribution in [0.4, 0.5) is 5.69 Å². The van der Waals surface area contributed by atoms with Crippen LogP contribution in [0.25, 0.3) is 11.0 Å². The van der Waals surface area contributed by atoms with Gasteiger partial charge in [-0.05, 0) is 16.4 Å². The number of nitrogens with zero attached hydrogens (tertiary/aromatic N) is 3. The Morgan fingerprint density at radius 1 is 1.50 bits per heavy atom. The van der Waals surface area contributed by atoms with Crippen LogP contribution in [0.15, 0.2) is 15.6 Å². The second-order valence-corrected chi connectivity index (χ2v) is 4.51. The van der Waals surface area contributed by atoms with E-state index < -0.39 is 16.6 Å². The van der Waals surface area contributed by atoms with Crippen LogP contribution in [-0.2, 0) is 4.79 Å². The Labute approximate surface area is 108 Å². The van der Waals surface area contributed by atoms with Crippen molar-refractivity contribution in [3.05, 3.63) is 21.2 Å². The minimum atomic E-state index is -1.34. The van der Waals surface area contributed by atoms with E-state index in [1.54, 1.807) is 0 Å². The highest BCUT2D eigenvalue weighted by Crippen LogP contribution is 2.38. The Bertz CT molecular complexity index is 643. The fraction of sp³-hybridized carbons (Fsp3) is 0.125. The van der Waals surface area contributed by atoms with Crippen LogP contribution in [0.5, 0.6) is 0 Å². The molecule has 0 atom stereocenters. The van der Waals surface area contributed by atoms with Gasteiger partial charge in [-0.2, -0.15) is 0 Å². The van der Waals surface area contributed by atoms with Crippen LogP contribution in [0.3, 0.4) is 0 Å². The van der Waals surface area contributed by atoms with Crippen LogP contribution in [0.2, 0.25) is 5.02 Å². The molecule has 2 rings (SSSR count). The molecule has 1 aromatic carbocycles. The van der Waals surface area contributed by atoms with E-state index >= 15 is 0 Å². The van der Waals surface area contributed by atoms with Crippen molar-refractivity contribution in [2.24, 2.45) is 0 Å². The number of hydrogen-bond acceptors (Lipinski definition) is 8. The number of nitro groups is 1. The Balaban J connectivity index is 2.59. The molecule has 1 heterocycles. The molecule has 1 aromatic heterocycles. The molecule has 0 radical (unpaired) electrons. The molecule has 0 amide bonds. The summed E-state index contributed by atoms with van der Waals surface area (Å²) < 4.78 is 4.39. The van der Waals surface area contributed by atoms with Crippen molar-refractivity contribution in [1.29, 1.82) is 0 Å². The molecule has 0 saturated heterocycles. The molecule has 0 aliphatic rings. The van der Waals surface area contributed by atoms with Crippen molar-refractivity contribution in [1.82, 2.24) is 10.3 Å². The number of carboxylic acids is 1. The largest absolute Gasteiger partial charge is 0.549 e. The maximum absolute atomic E-state index is 11.0. The molecular formula is C8H3ClN3O5S-. The topological polar surface area (TPSA) is 122 Å². The summed E-state index contributed by atoms with van der Waals surface area (Å²) in [5.41, 5.74) is -0.448. The Morgan fingerprint density at radius 3 is 2.78 bits per heavy atom. The summed E-state index contributed by atoms with van der Waals surface area (Å²) in [6.45, 7) is 0. The molecule has 0 aliphatic carbocycles. The van der Waals surface area contributed by atoms with Crippen molar-refractivity contribution >= 4 is 46.1 Å². The summed E-state index contributed by atoms with van der Waals surface area (Å²) in [6.07, 6.45) is 0. The first-order chi connectivity index (χ1) is 8.50. The summed E-state index contributed by atoms with van der Waals surface area (Å²) in [4.78, 5) is 20.7. The average Bonchev–Trinajstić information content (AvgIpc) is 2.74. The molecule has 8 nitrogen and oxygen atoms in total. The fourth-order valence-corrected chi connectivity index (χ4v) is 2.37. The van der Waals surface area contributed by atoms with Crippen molar-refractivity contribution in [2.45, 2.75) is 4.90 Å². The Morgan fingerprint density at radius 2 is 2.17 bits per heavy atom. The molecule has 94 valence electrons. The minimum absolute atomic E-state index is 0.0566. The maximum atomic E-state index is 11.0. The smallest absolute Gasteiger partial charge is 0.314 e. The monoisotopic (exact) mass is 288 g/mol. The number of aliphatic carboxylic acids is 1. The SMILES string of the molecule is O=C([O-])CSc1cc(Cl)c2nonc2c1[N+](=O)[O-]. The van der Waals surface area contributed by atoms with E-state index in [2.05, 4.69) is 14.9 Å². The summed E-state index contributed by atoms with van der Waals surface area (Å²) >= 11 is 6.55. The minimum Gasteiger partial charge on any atom is -0.549 e. The van der Waals surface area contributed by atoms with Gasteiger partial charge < -0.3 is 9.90 Å². The number of hydrogen-bond donors (Lipinski definition) is 0. The zero-order valence-electron chi connectivity index (χ0n) is 8.45. The molecule has 0 N–H and O–H groups in total. The normalized spacial score (nSPS) is 10.7. The first-order valence-corrected chi connectivity index (χ1v) is 5.79. The third-order valence-electron chi connectivity index (χ3n) is 1.96. The molecule has 0 spiro atoms. The highest BCUT2D eigenvalue weighted by atomic mass is 35.5. The summed E-state index contributed by atoms with van der Waals surface area (Å²) in [5, 5.41) is 28.3. The lowest BCUT2D eigenvalue weighted by Gasteiger charge is -2.04. The summed E-state index contributed by atoms with van der Waals surface area (Å²) in [6, 6.07) is 1.25. The van der Waals surface area contributed by atoms with Gasteiger partial charge in [0.15, 0.2) is 5.52 Å².